The van der Waals surface area contributed by atoms with Gasteiger partial charge in [-0.3, -0.25) is 10.2 Å². The van der Waals surface area contributed by atoms with E-state index in [1.807, 2.05) is 24.3 Å². The molecule has 1 aromatic heterocycles. The fourth-order valence-electron chi connectivity index (χ4n) is 2.25. The Bertz CT molecular complexity index is 1040. The summed E-state index contributed by atoms with van der Waals surface area (Å²) in [5.74, 6) is -0.324. The number of fused-ring (bicyclic) bond motifs is 1. The van der Waals surface area contributed by atoms with Crippen LogP contribution >= 0.6 is 0 Å². The minimum atomic E-state index is -3.46. The number of nitrogens with one attached hydrogen (secondary N) is 2. The highest BCUT2D eigenvalue weighted by Crippen LogP contribution is 2.12. The van der Waals surface area contributed by atoms with E-state index >= 15 is 0 Å². The zero-order valence-electron chi connectivity index (χ0n) is 13.4. The molecule has 0 atom stereocenters. The monoisotopic (exact) mass is 356 g/mol. The van der Waals surface area contributed by atoms with Crippen LogP contribution in [0.25, 0.3) is 17.1 Å². The van der Waals surface area contributed by atoms with Crippen LogP contribution in [0.1, 0.15) is 5.56 Å². The largest absolute Gasteiger partial charge is 0.268 e. The van der Waals surface area contributed by atoms with Gasteiger partial charge in [-0.15, -0.1) is 0 Å². The third-order valence-corrected chi connectivity index (χ3v) is 5.00. The molecule has 0 unspecified atom stereocenters. The van der Waals surface area contributed by atoms with Crippen molar-refractivity contribution in [1.29, 1.82) is 0 Å². The van der Waals surface area contributed by atoms with Crippen LogP contribution in [-0.2, 0) is 14.8 Å². The van der Waals surface area contributed by atoms with Gasteiger partial charge in [0.2, 0.25) is 10.0 Å². The molecule has 7 nitrogen and oxygen atoms in total. The van der Waals surface area contributed by atoms with E-state index in [0.717, 1.165) is 11.0 Å². The van der Waals surface area contributed by atoms with Gasteiger partial charge in [-0.25, -0.2) is 22.8 Å². The third kappa shape index (κ3) is 3.76. The van der Waals surface area contributed by atoms with Gasteiger partial charge in [0.25, 0.3) is 5.91 Å². The molecule has 3 aromatic rings. The minimum Gasteiger partial charge on any atom is -0.268 e. The van der Waals surface area contributed by atoms with Gasteiger partial charge < -0.3 is 0 Å². The van der Waals surface area contributed by atoms with E-state index in [9.17, 15) is 13.2 Å². The quantitative estimate of drug-likeness (QED) is 0.681. The van der Waals surface area contributed by atoms with Crippen molar-refractivity contribution < 1.29 is 13.2 Å². The van der Waals surface area contributed by atoms with E-state index in [0.29, 0.717) is 5.56 Å². The zero-order chi connectivity index (χ0) is 17.9. The van der Waals surface area contributed by atoms with Gasteiger partial charge in [0, 0.05) is 6.08 Å². The average Bonchev–Trinajstić information content (AvgIpc) is 3.03. The Balaban J connectivity index is 1.70. The number of imidazole rings is 1. The Hall–Kier alpha value is -2.97. The molecule has 0 saturated carbocycles. The second-order valence-corrected chi connectivity index (χ2v) is 7.08. The Morgan fingerprint density at radius 3 is 2.56 bits per heavy atom. The smallest absolute Gasteiger partial charge is 0.262 e. The van der Waals surface area contributed by atoms with Crippen molar-refractivity contribution in [3.05, 3.63) is 66.5 Å². The molecule has 2 N–H and O–H groups in total. The molecule has 0 fully saturated rings. The van der Waals surface area contributed by atoms with Crippen LogP contribution < -0.4 is 10.1 Å². The van der Waals surface area contributed by atoms with Crippen molar-refractivity contribution in [1.82, 2.24) is 14.4 Å². The summed E-state index contributed by atoms with van der Waals surface area (Å²) in [7, 11) is -2.11. The topological polar surface area (TPSA) is 93.1 Å². The molecular formula is C17H16N4O3S. The SMILES string of the molecule is CNS(=O)(=O)c1ccc(/C=C/C(=O)Nn2cnc3ccccc32)cc1. The van der Waals surface area contributed by atoms with Gasteiger partial charge in [0.05, 0.1) is 15.9 Å². The number of benzene rings is 2. The van der Waals surface area contributed by atoms with E-state index in [-0.39, 0.29) is 10.8 Å². The van der Waals surface area contributed by atoms with Crippen LogP contribution in [0.3, 0.4) is 0 Å². The maximum Gasteiger partial charge on any atom is 0.262 e. The van der Waals surface area contributed by atoms with Crippen LogP contribution in [0.5, 0.6) is 0 Å². The number of amides is 1. The number of rotatable bonds is 5. The lowest BCUT2D eigenvalue weighted by atomic mass is 10.2. The molecule has 25 heavy (non-hydrogen) atoms. The first-order chi connectivity index (χ1) is 12.0. The van der Waals surface area contributed by atoms with Gasteiger partial charge in [0.15, 0.2) is 0 Å². The number of carbonyl (C=O) groups is 1. The van der Waals surface area contributed by atoms with Crippen LogP contribution in [0.2, 0.25) is 0 Å². The van der Waals surface area contributed by atoms with Crippen molar-refractivity contribution in [3.8, 4) is 0 Å². The third-order valence-electron chi connectivity index (χ3n) is 3.57. The Labute approximate surface area is 145 Å². The summed E-state index contributed by atoms with van der Waals surface area (Å²) in [6, 6.07) is 13.7. The lowest BCUT2D eigenvalue weighted by Gasteiger charge is -2.04. The van der Waals surface area contributed by atoms with E-state index in [2.05, 4.69) is 15.1 Å². The van der Waals surface area contributed by atoms with Crippen molar-refractivity contribution >= 4 is 33.0 Å². The molecule has 3 rings (SSSR count). The molecule has 0 radical (unpaired) electrons. The van der Waals surface area contributed by atoms with Crippen LogP contribution in [0.4, 0.5) is 0 Å². The van der Waals surface area contributed by atoms with Crippen LogP contribution in [0.15, 0.2) is 65.8 Å². The molecule has 0 bridgehead atoms. The molecule has 0 saturated heterocycles. The summed E-state index contributed by atoms with van der Waals surface area (Å²) in [6.07, 6.45) is 4.51. The van der Waals surface area contributed by atoms with Crippen LogP contribution in [0, 0.1) is 0 Å². The average molecular weight is 356 g/mol. The molecule has 0 aliphatic rings. The summed E-state index contributed by atoms with van der Waals surface area (Å²) in [5.41, 5.74) is 4.99. The van der Waals surface area contributed by atoms with E-state index in [1.54, 1.807) is 22.9 Å². The maximum absolute atomic E-state index is 12.0. The number of sulfonamides is 1. The van der Waals surface area contributed by atoms with Crippen molar-refractivity contribution in [3.63, 3.8) is 0 Å². The molecular weight excluding hydrogens is 340 g/mol. The predicted octanol–water partition coefficient (Wildman–Crippen LogP) is 1.73. The molecule has 0 aliphatic carbocycles. The van der Waals surface area contributed by atoms with Gasteiger partial charge in [-0.05, 0) is 43.0 Å². The maximum atomic E-state index is 12.0. The summed E-state index contributed by atoms with van der Waals surface area (Å²) < 4.78 is 27.1. The molecule has 1 heterocycles. The van der Waals surface area contributed by atoms with E-state index < -0.39 is 10.0 Å². The summed E-state index contributed by atoms with van der Waals surface area (Å²) in [5, 5.41) is 0. The normalized spacial score (nSPS) is 11.9. The first-order valence-electron chi connectivity index (χ1n) is 7.44. The fraction of sp³-hybridized carbons (Fsp3) is 0.0588. The highest BCUT2D eigenvalue weighted by molar-refractivity contribution is 7.89. The molecule has 2 aromatic carbocycles. The number of nitrogens with zero attached hydrogens (tertiary/aromatic N) is 2. The number of aromatic nitrogens is 2. The lowest BCUT2D eigenvalue weighted by molar-refractivity contribution is -0.112. The Morgan fingerprint density at radius 1 is 1.12 bits per heavy atom. The first kappa shape index (κ1) is 16.9. The van der Waals surface area contributed by atoms with Crippen molar-refractivity contribution in [2.24, 2.45) is 0 Å². The molecule has 0 spiro atoms. The predicted molar refractivity (Wildman–Crippen MR) is 95.8 cm³/mol. The number of hydrogen-bond acceptors (Lipinski definition) is 4. The van der Waals surface area contributed by atoms with Crippen molar-refractivity contribution in [2.75, 3.05) is 12.5 Å². The number of hydrogen-bond donors (Lipinski definition) is 2. The minimum absolute atomic E-state index is 0.168. The van der Waals surface area contributed by atoms with Crippen LogP contribution in [-0.4, -0.2) is 31.0 Å². The van der Waals surface area contributed by atoms with E-state index in [4.69, 9.17) is 0 Å². The van der Waals surface area contributed by atoms with Gasteiger partial charge in [0.1, 0.15) is 6.33 Å². The molecule has 128 valence electrons. The standard InChI is InChI=1S/C17H16N4O3S/c1-18-25(23,24)14-9-6-13(7-10-14)8-11-17(22)20-21-12-19-15-4-2-3-5-16(15)21/h2-12,18H,1H3,(H,20,22)/b11-8+. The highest BCUT2D eigenvalue weighted by atomic mass is 32.2. The Morgan fingerprint density at radius 2 is 1.84 bits per heavy atom. The molecule has 0 aliphatic heterocycles. The van der Waals surface area contributed by atoms with Gasteiger partial charge in [-0.1, -0.05) is 24.3 Å². The summed E-state index contributed by atoms with van der Waals surface area (Å²) in [4.78, 5) is 16.4. The fourth-order valence-corrected chi connectivity index (χ4v) is 2.98. The highest BCUT2D eigenvalue weighted by Gasteiger charge is 2.09. The van der Waals surface area contributed by atoms with Crippen molar-refractivity contribution in [2.45, 2.75) is 4.90 Å². The molecule has 1 amide bonds. The molecule has 8 heteroatoms. The van der Waals surface area contributed by atoms with Gasteiger partial charge in [-0.2, -0.15) is 0 Å². The summed E-state index contributed by atoms with van der Waals surface area (Å²) in [6.45, 7) is 0. The number of para-hydroxylation sites is 2. The van der Waals surface area contributed by atoms with E-state index in [1.165, 1.54) is 31.6 Å². The Kier molecular flexibility index (Phi) is 4.64. The summed E-state index contributed by atoms with van der Waals surface area (Å²) >= 11 is 0. The van der Waals surface area contributed by atoms with Gasteiger partial charge >= 0.3 is 0 Å². The first-order valence-corrected chi connectivity index (χ1v) is 8.93. The number of carbonyl (C=O) groups excluding carboxylic acids is 1. The zero-order valence-corrected chi connectivity index (χ0v) is 14.2. The second kappa shape index (κ2) is 6.88. The lowest BCUT2D eigenvalue weighted by Crippen LogP contribution is -2.19. The second-order valence-electron chi connectivity index (χ2n) is 5.19.